The number of aromatic nitrogens is 2. The van der Waals surface area contributed by atoms with Gasteiger partial charge in [0, 0.05) is 42.7 Å². The number of ether oxygens (including phenoxy) is 1. The monoisotopic (exact) mass is 619 g/mol. The topological polar surface area (TPSA) is 145 Å². The van der Waals surface area contributed by atoms with Crippen LogP contribution in [0, 0.1) is 11.8 Å². The van der Waals surface area contributed by atoms with Crippen molar-refractivity contribution in [2.75, 3.05) is 6.61 Å². The van der Waals surface area contributed by atoms with E-state index in [1.165, 1.54) is 6.42 Å². The SMILES string of the molecule is CCCO[C@H](NC(=O)[C@H](Cc1c[nH]c2ccccc12)NC(=O)CC(C)C)C(=O)NC(CC1CCCCC1)[C@@H](O)c1ccccn1. The standard InChI is InChI=1S/C35H49N5O5/c1-4-18-45-35(34(44)39-29(20-24-12-6-5-7-13-24)32(42)28-16-10-11-17-36-28)40-33(43)30(38-31(41)19-23(2)3)21-25-22-37-27-15-9-8-14-26(25)27/h8-11,14-17,22-24,29-30,32,35,37,42H,4-7,12-13,18-21H2,1-3H3,(H,38,41)(H,39,44)(H,40,43)/t29?,30-,32-,35-/m0/s1. The molecule has 0 radical (unpaired) electrons. The fourth-order valence-corrected chi connectivity index (χ4v) is 6.07. The third-order valence-corrected chi connectivity index (χ3v) is 8.36. The average molecular weight is 620 g/mol. The summed E-state index contributed by atoms with van der Waals surface area (Å²) in [6, 6.07) is 11.5. The summed E-state index contributed by atoms with van der Waals surface area (Å²) >= 11 is 0. The summed E-state index contributed by atoms with van der Waals surface area (Å²) in [5, 5.41) is 20.9. The van der Waals surface area contributed by atoms with Crippen molar-refractivity contribution in [3.05, 3.63) is 66.1 Å². The predicted octanol–water partition coefficient (Wildman–Crippen LogP) is 4.69. The molecular formula is C35H49N5O5. The highest BCUT2D eigenvalue weighted by atomic mass is 16.5. The van der Waals surface area contributed by atoms with Gasteiger partial charge in [0.1, 0.15) is 12.1 Å². The maximum atomic E-state index is 13.8. The zero-order valence-corrected chi connectivity index (χ0v) is 26.8. The van der Waals surface area contributed by atoms with E-state index in [0.29, 0.717) is 24.5 Å². The lowest BCUT2D eigenvalue weighted by molar-refractivity contribution is -0.143. The molecule has 1 aliphatic rings. The number of hydrogen-bond acceptors (Lipinski definition) is 6. The Morgan fingerprint density at radius 2 is 1.76 bits per heavy atom. The maximum Gasteiger partial charge on any atom is 0.270 e. The number of hydrogen-bond donors (Lipinski definition) is 5. The normalized spacial score (nSPS) is 16.6. The number of carbonyl (C=O) groups excluding carboxylic acids is 3. The molecule has 244 valence electrons. The van der Waals surface area contributed by atoms with E-state index in [9.17, 15) is 19.5 Å². The number of fused-ring (bicyclic) bond motifs is 1. The molecule has 0 aliphatic heterocycles. The summed E-state index contributed by atoms with van der Waals surface area (Å²) in [5.41, 5.74) is 2.27. The summed E-state index contributed by atoms with van der Waals surface area (Å²) in [4.78, 5) is 48.0. The third kappa shape index (κ3) is 10.1. The molecule has 0 spiro atoms. The molecular weight excluding hydrogens is 570 g/mol. The first kappa shape index (κ1) is 34.1. The maximum absolute atomic E-state index is 13.8. The van der Waals surface area contributed by atoms with E-state index < -0.39 is 36.2 Å². The van der Waals surface area contributed by atoms with Gasteiger partial charge in [-0.3, -0.25) is 19.4 Å². The Labute approximate surface area is 266 Å². The molecule has 1 unspecified atom stereocenters. The first-order valence-corrected chi connectivity index (χ1v) is 16.4. The van der Waals surface area contributed by atoms with Gasteiger partial charge in [-0.2, -0.15) is 0 Å². The van der Waals surface area contributed by atoms with E-state index in [4.69, 9.17) is 4.74 Å². The minimum absolute atomic E-state index is 0.111. The Kier molecular flexibility index (Phi) is 12.9. The van der Waals surface area contributed by atoms with Crippen molar-refractivity contribution >= 4 is 28.6 Å². The highest BCUT2D eigenvalue weighted by Crippen LogP contribution is 2.30. The Morgan fingerprint density at radius 1 is 1.00 bits per heavy atom. The molecule has 1 fully saturated rings. The van der Waals surface area contributed by atoms with E-state index in [-0.39, 0.29) is 31.3 Å². The molecule has 10 heteroatoms. The van der Waals surface area contributed by atoms with Crippen LogP contribution < -0.4 is 16.0 Å². The molecule has 3 amide bonds. The summed E-state index contributed by atoms with van der Waals surface area (Å²) in [6.45, 7) is 6.04. The number of carbonyl (C=O) groups is 3. The van der Waals surface area contributed by atoms with Crippen LogP contribution in [0.1, 0.15) is 89.5 Å². The van der Waals surface area contributed by atoms with E-state index in [0.717, 1.165) is 42.1 Å². The molecule has 0 saturated heterocycles. The quantitative estimate of drug-likeness (QED) is 0.147. The average Bonchev–Trinajstić information content (AvgIpc) is 3.45. The Bertz CT molecular complexity index is 1370. The second-order valence-corrected chi connectivity index (χ2v) is 12.6. The van der Waals surface area contributed by atoms with Crippen molar-refractivity contribution in [3.8, 4) is 0 Å². The van der Waals surface area contributed by atoms with Crippen LogP contribution in [0.15, 0.2) is 54.9 Å². The molecule has 45 heavy (non-hydrogen) atoms. The van der Waals surface area contributed by atoms with Crippen LogP contribution in [0.3, 0.4) is 0 Å². The Hall–Kier alpha value is -3.76. The highest BCUT2D eigenvalue weighted by Gasteiger charge is 2.33. The number of aliphatic hydroxyl groups is 1. The van der Waals surface area contributed by atoms with Crippen LogP contribution in [0.2, 0.25) is 0 Å². The van der Waals surface area contributed by atoms with Crippen molar-refractivity contribution in [2.24, 2.45) is 11.8 Å². The molecule has 2 aromatic heterocycles. The van der Waals surface area contributed by atoms with E-state index in [2.05, 4.69) is 25.9 Å². The van der Waals surface area contributed by atoms with Gasteiger partial charge >= 0.3 is 0 Å². The molecule has 4 rings (SSSR count). The number of aromatic amines is 1. The minimum Gasteiger partial charge on any atom is -0.385 e. The molecule has 0 bridgehead atoms. The van der Waals surface area contributed by atoms with Gasteiger partial charge in [-0.1, -0.05) is 77.1 Å². The lowest BCUT2D eigenvalue weighted by atomic mass is 9.83. The zero-order valence-electron chi connectivity index (χ0n) is 26.8. The number of para-hydroxylation sites is 1. The molecule has 1 aromatic carbocycles. The minimum atomic E-state index is -1.31. The summed E-state index contributed by atoms with van der Waals surface area (Å²) in [5.74, 6) is -0.843. The van der Waals surface area contributed by atoms with Gasteiger partial charge in [-0.05, 0) is 48.4 Å². The lowest BCUT2D eigenvalue weighted by Crippen LogP contribution is -2.57. The second kappa shape index (κ2) is 17.1. The number of amides is 3. The molecule has 1 saturated carbocycles. The van der Waals surface area contributed by atoms with Crippen LogP contribution >= 0.6 is 0 Å². The Balaban J connectivity index is 1.53. The first-order valence-electron chi connectivity index (χ1n) is 16.4. The van der Waals surface area contributed by atoms with E-state index in [1.807, 2.05) is 51.2 Å². The molecule has 10 nitrogen and oxygen atoms in total. The highest BCUT2D eigenvalue weighted by molar-refractivity contribution is 5.92. The number of H-pyrrole nitrogens is 1. The fraction of sp³-hybridized carbons (Fsp3) is 0.543. The Morgan fingerprint density at radius 3 is 2.47 bits per heavy atom. The number of rotatable bonds is 16. The van der Waals surface area contributed by atoms with Crippen molar-refractivity contribution in [1.29, 1.82) is 0 Å². The van der Waals surface area contributed by atoms with Crippen molar-refractivity contribution < 1.29 is 24.2 Å². The fourth-order valence-electron chi connectivity index (χ4n) is 6.07. The predicted molar refractivity (Wildman–Crippen MR) is 174 cm³/mol. The van der Waals surface area contributed by atoms with Crippen molar-refractivity contribution in [2.45, 2.75) is 103 Å². The van der Waals surface area contributed by atoms with E-state index >= 15 is 0 Å². The largest absolute Gasteiger partial charge is 0.385 e. The smallest absolute Gasteiger partial charge is 0.270 e. The van der Waals surface area contributed by atoms with Gasteiger partial charge in [0.2, 0.25) is 18.0 Å². The van der Waals surface area contributed by atoms with Gasteiger partial charge in [-0.25, -0.2) is 0 Å². The third-order valence-electron chi connectivity index (χ3n) is 8.36. The van der Waals surface area contributed by atoms with Gasteiger partial charge in [0.25, 0.3) is 5.91 Å². The summed E-state index contributed by atoms with van der Waals surface area (Å²) in [6.07, 6.45) is 8.37. The first-order chi connectivity index (χ1) is 21.7. The molecule has 1 aliphatic carbocycles. The molecule has 3 aromatic rings. The van der Waals surface area contributed by atoms with Crippen LogP contribution in [-0.2, 0) is 25.5 Å². The van der Waals surface area contributed by atoms with Crippen LogP contribution in [-0.4, -0.2) is 57.7 Å². The van der Waals surface area contributed by atoms with Gasteiger partial charge < -0.3 is 30.8 Å². The van der Waals surface area contributed by atoms with Crippen molar-refractivity contribution in [1.82, 2.24) is 25.9 Å². The second-order valence-electron chi connectivity index (χ2n) is 12.6. The summed E-state index contributed by atoms with van der Waals surface area (Å²) < 4.78 is 5.87. The number of nitrogens with zero attached hydrogens (tertiary/aromatic N) is 1. The van der Waals surface area contributed by atoms with Crippen LogP contribution in [0.5, 0.6) is 0 Å². The van der Waals surface area contributed by atoms with Gasteiger partial charge in [-0.15, -0.1) is 0 Å². The van der Waals surface area contributed by atoms with E-state index in [1.54, 1.807) is 24.4 Å². The molecule has 4 atom stereocenters. The number of aliphatic hydroxyl groups excluding tert-OH is 1. The molecule has 2 heterocycles. The number of pyridine rings is 1. The number of nitrogens with one attached hydrogen (secondary N) is 4. The van der Waals surface area contributed by atoms with Gasteiger partial charge in [0.15, 0.2) is 0 Å². The molecule has 5 N–H and O–H groups in total. The van der Waals surface area contributed by atoms with Crippen molar-refractivity contribution in [3.63, 3.8) is 0 Å². The summed E-state index contributed by atoms with van der Waals surface area (Å²) in [7, 11) is 0. The van der Waals surface area contributed by atoms with Crippen LogP contribution in [0.4, 0.5) is 0 Å². The van der Waals surface area contributed by atoms with Gasteiger partial charge in [0.05, 0.1) is 11.7 Å². The zero-order chi connectivity index (χ0) is 32.2. The number of benzene rings is 1. The lowest BCUT2D eigenvalue weighted by Gasteiger charge is -2.31. The van der Waals surface area contributed by atoms with Crippen LogP contribution in [0.25, 0.3) is 10.9 Å².